The van der Waals surface area contributed by atoms with Gasteiger partial charge in [-0.25, -0.2) is 4.79 Å². The molecule has 1 unspecified atom stereocenters. The molecular formula is C7H7F3O4. The molecule has 0 bridgehead atoms. The van der Waals surface area contributed by atoms with Crippen molar-refractivity contribution in [3.8, 4) is 0 Å². The van der Waals surface area contributed by atoms with Crippen molar-refractivity contribution >= 4 is 17.5 Å². The van der Waals surface area contributed by atoms with Crippen LogP contribution in [0.1, 0.15) is 6.92 Å². The summed E-state index contributed by atoms with van der Waals surface area (Å²) in [7, 11) is 0.838. The van der Waals surface area contributed by atoms with Gasteiger partial charge in [-0.2, -0.15) is 13.2 Å². The van der Waals surface area contributed by atoms with E-state index in [0.717, 1.165) is 7.11 Å². The average molecular weight is 212 g/mol. The van der Waals surface area contributed by atoms with E-state index in [1.165, 1.54) is 0 Å². The molecule has 80 valence electrons. The Balaban J connectivity index is 4.64. The molecule has 0 aliphatic heterocycles. The molecule has 0 spiro atoms. The summed E-state index contributed by atoms with van der Waals surface area (Å²) in [6.45, 7) is 0.703. The SMILES string of the molecule is COC(=O)C(=O)C(C)C(=O)C(F)(F)F. The minimum atomic E-state index is -5.12. The number of hydrogen-bond donors (Lipinski definition) is 0. The highest BCUT2D eigenvalue weighted by atomic mass is 19.4. The molecule has 0 amide bonds. The van der Waals surface area contributed by atoms with Gasteiger partial charge in [0.25, 0.3) is 5.78 Å². The van der Waals surface area contributed by atoms with Crippen LogP contribution in [0.4, 0.5) is 13.2 Å². The number of methoxy groups -OCH3 is 1. The van der Waals surface area contributed by atoms with Crippen molar-refractivity contribution < 1.29 is 32.3 Å². The van der Waals surface area contributed by atoms with Gasteiger partial charge in [0.1, 0.15) is 0 Å². The first kappa shape index (κ1) is 12.6. The Labute approximate surface area is 77.0 Å². The van der Waals surface area contributed by atoms with Gasteiger partial charge in [0.05, 0.1) is 13.0 Å². The Morgan fingerprint density at radius 2 is 1.64 bits per heavy atom. The number of hydrogen-bond acceptors (Lipinski definition) is 4. The van der Waals surface area contributed by atoms with Crippen LogP contribution >= 0.6 is 0 Å². The Bertz CT molecular complexity index is 269. The van der Waals surface area contributed by atoms with Crippen molar-refractivity contribution in [2.45, 2.75) is 13.1 Å². The monoisotopic (exact) mass is 212 g/mol. The molecule has 4 nitrogen and oxygen atoms in total. The van der Waals surface area contributed by atoms with E-state index in [1.54, 1.807) is 0 Å². The maximum Gasteiger partial charge on any atom is 0.450 e. The second kappa shape index (κ2) is 4.21. The van der Waals surface area contributed by atoms with Crippen molar-refractivity contribution in [3.63, 3.8) is 0 Å². The Morgan fingerprint density at radius 3 is 1.93 bits per heavy atom. The van der Waals surface area contributed by atoms with E-state index in [0.29, 0.717) is 6.92 Å². The van der Waals surface area contributed by atoms with Gasteiger partial charge in [0, 0.05) is 0 Å². The minimum absolute atomic E-state index is 0.703. The molecule has 0 aliphatic carbocycles. The van der Waals surface area contributed by atoms with E-state index >= 15 is 0 Å². The van der Waals surface area contributed by atoms with E-state index in [-0.39, 0.29) is 0 Å². The van der Waals surface area contributed by atoms with E-state index in [2.05, 4.69) is 4.74 Å². The Morgan fingerprint density at radius 1 is 1.21 bits per heavy atom. The van der Waals surface area contributed by atoms with Gasteiger partial charge in [-0.3, -0.25) is 9.59 Å². The van der Waals surface area contributed by atoms with Crippen molar-refractivity contribution in [2.75, 3.05) is 7.11 Å². The summed E-state index contributed by atoms with van der Waals surface area (Å²) in [4.78, 5) is 31.7. The molecule has 0 aromatic carbocycles. The molecule has 14 heavy (non-hydrogen) atoms. The molecular weight excluding hydrogens is 205 g/mol. The maximum atomic E-state index is 11.8. The van der Waals surface area contributed by atoms with Gasteiger partial charge in [0.15, 0.2) is 0 Å². The first-order valence-corrected chi connectivity index (χ1v) is 3.45. The highest BCUT2D eigenvalue weighted by Gasteiger charge is 2.45. The predicted octanol–water partition coefficient (Wildman–Crippen LogP) is 0.496. The van der Waals surface area contributed by atoms with Crippen molar-refractivity contribution in [1.29, 1.82) is 0 Å². The van der Waals surface area contributed by atoms with E-state index < -0.39 is 29.6 Å². The predicted molar refractivity (Wildman–Crippen MR) is 37.2 cm³/mol. The van der Waals surface area contributed by atoms with Gasteiger partial charge >= 0.3 is 12.1 Å². The molecule has 1 atom stereocenters. The summed E-state index contributed by atoms with van der Waals surface area (Å²) >= 11 is 0. The van der Waals surface area contributed by atoms with Crippen LogP contribution in [0.2, 0.25) is 0 Å². The van der Waals surface area contributed by atoms with Crippen LogP contribution in [0.15, 0.2) is 0 Å². The fourth-order valence-electron chi connectivity index (χ4n) is 0.642. The summed E-state index contributed by atoms with van der Waals surface area (Å²) in [5.74, 6) is -7.28. The normalized spacial score (nSPS) is 13.2. The number of halogens is 3. The topological polar surface area (TPSA) is 60.4 Å². The van der Waals surface area contributed by atoms with Gasteiger partial charge in [-0.1, -0.05) is 0 Å². The molecule has 0 N–H and O–H groups in total. The first-order chi connectivity index (χ1) is 6.21. The summed E-state index contributed by atoms with van der Waals surface area (Å²) < 4.78 is 39.2. The van der Waals surface area contributed by atoms with Gasteiger partial charge in [-0.05, 0) is 6.92 Å². The first-order valence-electron chi connectivity index (χ1n) is 3.45. The van der Waals surface area contributed by atoms with Crippen LogP contribution in [0, 0.1) is 5.92 Å². The molecule has 0 rings (SSSR count). The lowest BCUT2D eigenvalue weighted by Crippen LogP contribution is -2.37. The van der Waals surface area contributed by atoms with Gasteiger partial charge in [0.2, 0.25) is 5.78 Å². The number of ketones is 2. The summed E-state index contributed by atoms with van der Waals surface area (Å²) in [5, 5.41) is 0. The third-order valence-corrected chi connectivity index (χ3v) is 1.45. The number of ether oxygens (including phenoxy) is 1. The summed E-state index contributed by atoms with van der Waals surface area (Å²) in [5.41, 5.74) is 0. The highest BCUT2D eigenvalue weighted by Crippen LogP contribution is 2.21. The van der Waals surface area contributed by atoms with Crippen LogP contribution in [0.25, 0.3) is 0 Å². The van der Waals surface area contributed by atoms with Crippen LogP contribution < -0.4 is 0 Å². The summed E-state index contributed by atoms with van der Waals surface area (Å²) in [6.07, 6.45) is -5.12. The van der Waals surface area contributed by atoms with Crippen molar-refractivity contribution in [2.24, 2.45) is 5.92 Å². The maximum absolute atomic E-state index is 11.8. The third-order valence-electron chi connectivity index (χ3n) is 1.45. The van der Waals surface area contributed by atoms with Gasteiger partial charge < -0.3 is 4.74 Å². The number of carbonyl (C=O) groups is 3. The molecule has 0 saturated heterocycles. The molecule has 7 heteroatoms. The quantitative estimate of drug-likeness (QED) is 0.388. The Hall–Kier alpha value is -1.40. The smallest absolute Gasteiger partial charge is 0.450 e. The standard InChI is InChI=1S/C7H7F3O4/c1-3(4(11)6(13)14-2)5(12)7(8,9)10/h3H,1-2H3. The fourth-order valence-corrected chi connectivity index (χ4v) is 0.642. The molecule has 0 radical (unpaired) electrons. The number of rotatable bonds is 3. The number of alkyl halides is 3. The number of carbonyl (C=O) groups excluding carboxylic acids is 3. The Kier molecular flexibility index (Phi) is 3.79. The van der Waals surface area contributed by atoms with Crippen LogP contribution in [0.5, 0.6) is 0 Å². The second-order valence-corrected chi connectivity index (χ2v) is 2.44. The van der Waals surface area contributed by atoms with Crippen LogP contribution in [-0.4, -0.2) is 30.8 Å². The lowest BCUT2D eigenvalue weighted by molar-refractivity contribution is -0.177. The van der Waals surface area contributed by atoms with E-state index in [9.17, 15) is 27.6 Å². The zero-order valence-corrected chi connectivity index (χ0v) is 7.34. The lowest BCUT2D eigenvalue weighted by Gasteiger charge is -2.09. The highest BCUT2D eigenvalue weighted by molar-refractivity contribution is 6.38. The van der Waals surface area contributed by atoms with Crippen LogP contribution in [0.3, 0.4) is 0 Å². The fraction of sp³-hybridized carbons (Fsp3) is 0.571. The van der Waals surface area contributed by atoms with Gasteiger partial charge in [-0.15, -0.1) is 0 Å². The third kappa shape index (κ3) is 2.82. The zero-order valence-electron chi connectivity index (χ0n) is 7.34. The molecule has 0 aromatic rings. The summed E-state index contributed by atoms with van der Waals surface area (Å²) in [6, 6.07) is 0. The average Bonchev–Trinajstić information content (AvgIpc) is 2.11. The minimum Gasteiger partial charge on any atom is -0.463 e. The molecule has 0 saturated carbocycles. The van der Waals surface area contributed by atoms with Crippen LogP contribution in [-0.2, 0) is 19.1 Å². The molecule has 0 heterocycles. The second-order valence-electron chi connectivity index (χ2n) is 2.44. The van der Waals surface area contributed by atoms with Crippen molar-refractivity contribution in [3.05, 3.63) is 0 Å². The largest absolute Gasteiger partial charge is 0.463 e. The number of Topliss-reactive ketones (excluding diaryl/α,β-unsaturated/α-hetero) is 2. The molecule has 0 aliphatic rings. The van der Waals surface area contributed by atoms with E-state index in [1.807, 2.05) is 0 Å². The van der Waals surface area contributed by atoms with Crippen molar-refractivity contribution in [1.82, 2.24) is 0 Å². The van der Waals surface area contributed by atoms with E-state index in [4.69, 9.17) is 0 Å². The molecule has 0 fully saturated rings. The zero-order chi connectivity index (χ0) is 11.5. The number of esters is 1. The molecule has 0 aromatic heterocycles. The lowest BCUT2D eigenvalue weighted by atomic mass is 10.0.